The first-order valence-corrected chi connectivity index (χ1v) is 2.35. The number of nitrogens with zero attached hydrogens (tertiary/aromatic N) is 1. The van der Waals surface area contributed by atoms with E-state index in [0.29, 0.717) is 0 Å². The standard InChI is InChI=1S/C4H7N3O3/c1-2(3(8)9)6-7-4(5)10/h1H3,(H,8,9)(H3,5,7,10)/p-1. The van der Waals surface area contributed by atoms with Crippen molar-refractivity contribution in [2.45, 2.75) is 6.92 Å². The van der Waals surface area contributed by atoms with Crippen LogP contribution in [0.4, 0.5) is 4.79 Å². The van der Waals surface area contributed by atoms with Gasteiger partial charge in [-0.25, -0.2) is 10.2 Å². The van der Waals surface area contributed by atoms with E-state index in [2.05, 4.69) is 10.8 Å². The summed E-state index contributed by atoms with van der Waals surface area (Å²) in [7, 11) is 0. The van der Waals surface area contributed by atoms with Crippen LogP contribution >= 0.6 is 0 Å². The Morgan fingerprint density at radius 3 is 2.40 bits per heavy atom. The maximum atomic E-state index is 9.92. The van der Waals surface area contributed by atoms with Crippen molar-refractivity contribution in [1.82, 2.24) is 5.43 Å². The largest absolute Gasteiger partial charge is 0.543 e. The topological polar surface area (TPSA) is 108 Å². The lowest BCUT2D eigenvalue weighted by Crippen LogP contribution is -2.33. The van der Waals surface area contributed by atoms with Crippen molar-refractivity contribution in [3.63, 3.8) is 0 Å². The Labute approximate surface area is 56.7 Å². The molecule has 0 atom stereocenters. The second-order valence-corrected chi connectivity index (χ2v) is 1.46. The monoisotopic (exact) mass is 144 g/mol. The van der Waals surface area contributed by atoms with Crippen molar-refractivity contribution in [2.24, 2.45) is 10.8 Å². The summed E-state index contributed by atoms with van der Waals surface area (Å²) in [5, 5.41) is 12.9. The summed E-state index contributed by atoms with van der Waals surface area (Å²) in [5.74, 6) is -1.45. The Morgan fingerprint density at radius 1 is 1.60 bits per heavy atom. The summed E-state index contributed by atoms with van der Waals surface area (Å²) < 4.78 is 0. The van der Waals surface area contributed by atoms with E-state index in [1.54, 1.807) is 5.43 Å². The molecule has 56 valence electrons. The molecule has 0 aromatic carbocycles. The van der Waals surface area contributed by atoms with Gasteiger partial charge in [-0.1, -0.05) is 0 Å². The van der Waals surface area contributed by atoms with Gasteiger partial charge in [0.25, 0.3) is 0 Å². The van der Waals surface area contributed by atoms with Gasteiger partial charge in [-0.15, -0.1) is 0 Å². The van der Waals surface area contributed by atoms with Crippen LogP contribution in [0.15, 0.2) is 5.10 Å². The van der Waals surface area contributed by atoms with Crippen LogP contribution in [0.5, 0.6) is 0 Å². The normalized spacial score (nSPS) is 10.7. The Hall–Kier alpha value is -1.59. The molecule has 0 saturated heterocycles. The lowest BCUT2D eigenvalue weighted by molar-refractivity contribution is -0.294. The van der Waals surface area contributed by atoms with Crippen molar-refractivity contribution in [3.8, 4) is 0 Å². The van der Waals surface area contributed by atoms with E-state index in [1.807, 2.05) is 0 Å². The van der Waals surface area contributed by atoms with Crippen LogP contribution in [0.2, 0.25) is 0 Å². The van der Waals surface area contributed by atoms with Crippen molar-refractivity contribution in [1.29, 1.82) is 0 Å². The van der Waals surface area contributed by atoms with Gasteiger partial charge in [0.15, 0.2) is 0 Å². The number of primary amides is 1. The zero-order valence-corrected chi connectivity index (χ0v) is 5.25. The fourth-order valence-electron chi connectivity index (χ4n) is 0.185. The number of carboxylic acids is 1. The zero-order chi connectivity index (χ0) is 8.15. The fraction of sp³-hybridized carbons (Fsp3) is 0.250. The molecule has 0 heterocycles. The quantitative estimate of drug-likeness (QED) is 0.338. The Balaban J connectivity index is 3.92. The predicted molar refractivity (Wildman–Crippen MR) is 30.8 cm³/mol. The molecule has 3 N–H and O–H groups in total. The van der Waals surface area contributed by atoms with Gasteiger partial charge >= 0.3 is 6.03 Å². The van der Waals surface area contributed by atoms with Gasteiger partial charge in [-0.2, -0.15) is 5.10 Å². The van der Waals surface area contributed by atoms with Crippen molar-refractivity contribution in [3.05, 3.63) is 0 Å². The smallest absolute Gasteiger partial charge is 0.332 e. The number of carboxylic acid groups (broad SMARTS) is 1. The molecule has 6 heteroatoms. The van der Waals surface area contributed by atoms with E-state index in [0.717, 1.165) is 0 Å². The number of rotatable bonds is 2. The SMILES string of the molecule is CC(=NNC(N)=O)C(=O)[O-]. The molecule has 0 spiro atoms. The van der Waals surface area contributed by atoms with Crippen LogP contribution in [-0.2, 0) is 4.79 Å². The molecule has 0 radical (unpaired) electrons. The number of carbonyl (C=O) groups is 2. The zero-order valence-electron chi connectivity index (χ0n) is 5.25. The minimum absolute atomic E-state index is 0.334. The molecular formula is C4H6N3O3-. The van der Waals surface area contributed by atoms with Gasteiger partial charge in [0.05, 0.1) is 11.7 Å². The van der Waals surface area contributed by atoms with Gasteiger partial charge < -0.3 is 15.6 Å². The molecule has 0 bridgehead atoms. The van der Waals surface area contributed by atoms with Gasteiger partial charge in [-0.05, 0) is 6.92 Å². The van der Waals surface area contributed by atoms with Gasteiger partial charge in [0, 0.05) is 0 Å². The molecule has 0 aromatic heterocycles. The average molecular weight is 144 g/mol. The second-order valence-electron chi connectivity index (χ2n) is 1.46. The molecule has 0 saturated carbocycles. The highest BCUT2D eigenvalue weighted by Gasteiger charge is 1.90. The molecule has 0 fully saturated rings. The van der Waals surface area contributed by atoms with Gasteiger partial charge in [-0.3, -0.25) is 0 Å². The lowest BCUT2D eigenvalue weighted by atomic mass is 10.4. The van der Waals surface area contributed by atoms with E-state index in [9.17, 15) is 14.7 Å². The van der Waals surface area contributed by atoms with Crippen molar-refractivity contribution < 1.29 is 14.7 Å². The van der Waals surface area contributed by atoms with Crippen LogP contribution in [-0.4, -0.2) is 17.7 Å². The number of carbonyl (C=O) groups excluding carboxylic acids is 2. The van der Waals surface area contributed by atoms with Gasteiger partial charge in [0.1, 0.15) is 0 Å². The lowest BCUT2D eigenvalue weighted by Gasteiger charge is -1.98. The van der Waals surface area contributed by atoms with Crippen LogP contribution in [0, 0.1) is 0 Å². The number of urea groups is 1. The highest BCUT2D eigenvalue weighted by Crippen LogP contribution is 1.69. The Bertz CT molecular complexity index is 186. The number of nitrogens with one attached hydrogen (secondary N) is 1. The second kappa shape index (κ2) is 3.44. The first kappa shape index (κ1) is 8.41. The number of hydrazone groups is 1. The molecule has 0 aliphatic heterocycles. The predicted octanol–water partition coefficient (Wildman–Crippen LogP) is -2.22. The van der Waals surface area contributed by atoms with Crippen molar-refractivity contribution >= 4 is 17.7 Å². The Morgan fingerprint density at radius 2 is 2.10 bits per heavy atom. The van der Waals surface area contributed by atoms with E-state index in [4.69, 9.17) is 0 Å². The molecule has 0 aromatic rings. The maximum absolute atomic E-state index is 9.92. The number of nitrogens with two attached hydrogens (primary N) is 1. The molecule has 0 aliphatic rings. The van der Waals surface area contributed by atoms with Crippen LogP contribution in [0.3, 0.4) is 0 Å². The van der Waals surface area contributed by atoms with Crippen LogP contribution in [0.25, 0.3) is 0 Å². The Kier molecular flexibility index (Phi) is 2.89. The van der Waals surface area contributed by atoms with E-state index < -0.39 is 12.0 Å². The highest BCUT2D eigenvalue weighted by atomic mass is 16.4. The van der Waals surface area contributed by atoms with E-state index in [1.165, 1.54) is 6.92 Å². The summed E-state index contributed by atoms with van der Waals surface area (Å²) in [6, 6.07) is -0.916. The van der Waals surface area contributed by atoms with E-state index >= 15 is 0 Å². The maximum Gasteiger partial charge on any atom is 0.332 e. The minimum Gasteiger partial charge on any atom is -0.543 e. The first-order chi connectivity index (χ1) is 4.54. The summed E-state index contributed by atoms with van der Waals surface area (Å²) in [4.78, 5) is 19.8. The molecular weight excluding hydrogens is 138 g/mol. The summed E-state index contributed by atoms with van der Waals surface area (Å²) in [6.07, 6.45) is 0. The molecule has 0 aliphatic carbocycles. The third-order valence-electron chi connectivity index (χ3n) is 0.629. The number of amides is 2. The average Bonchev–Trinajstić information content (AvgIpc) is 1.82. The summed E-state index contributed by atoms with van der Waals surface area (Å²) in [6.45, 7) is 1.17. The number of hydrogen-bond donors (Lipinski definition) is 2. The summed E-state index contributed by atoms with van der Waals surface area (Å²) in [5.41, 5.74) is 5.97. The minimum atomic E-state index is -1.45. The number of hydrogen-bond acceptors (Lipinski definition) is 4. The molecule has 2 amide bonds. The fourth-order valence-corrected chi connectivity index (χ4v) is 0.185. The summed E-state index contributed by atoms with van der Waals surface area (Å²) >= 11 is 0. The third kappa shape index (κ3) is 3.42. The number of aliphatic carboxylic acids is 1. The van der Waals surface area contributed by atoms with Crippen LogP contribution < -0.4 is 16.3 Å². The van der Waals surface area contributed by atoms with E-state index in [-0.39, 0.29) is 5.71 Å². The molecule has 10 heavy (non-hydrogen) atoms. The van der Waals surface area contributed by atoms with Crippen LogP contribution in [0.1, 0.15) is 6.92 Å². The molecule has 0 rings (SSSR count). The molecule has 0 unspecified atom stereocenters. The highest BCUT2D eigenvalue weighted by molar-refractivity contribution is 6.33. The van der Waals surface area contributed by atoms with Gasteiger partial charge in [0.2, 0.25) is 0 Å². The molecule has 6 nitrogen and oxygen atoms in total. The third-order valence-corrected chi connectivity index (χ3v) is 0.629. The van der Waals surface area contributed by atoms with Crippen molar-refractivity contribution in [2.75, 3.05) is 0 Å². The first-order valence-electron chi connectivity index (χ1n) is 2.35.